The first-order chi connectivity index (χ1) is 14.0. The van der Waals surface area contributed by atoms with Gasteiger partial charge < -0.3 is 15.4 Å². The van der Waals surface area contributed by atoms with Crippen LogP contribution >= 0.6 is 0 Å². The van der Waals surface area contributed by atoms with Gasteiger partial charge in [-0.05, 0) is 42.3 Å². The van der Waals surface area contributed by atoms with Crippen LogP contribution in [0, 0.1) is 5.82 Å². The van der Waals surface area contributed by atoms with Gasteiger partial charge in [0.25, 0.3) is 0 Å². The Morgan fingerprint density at radius 3 is 2.52 bits per heavy atom. The number of nitrogens with zero attached hydrogens (tertiary/aromatic N) is 1. The molecule has 0 fully saturated rings. The van der Waals surface area contributed by atoms with Crippen LogP contribution in [0.25, 0.3) is 0 Å². The molecule has 0 saturated carbocycles. The molecule has 0 saturated heterocycles. The molecule has 0 aliphatic rings. The van der Waals surface area contributed by atoms with Crippen molar-refractivity contribution in [3.63, 3.8) is 0 Å². The molecule has 0 radical (unpaired) electrons. The zero-order valence-electron chi connectivity index (χ0n) is 17.1. The average molecular weight is 401 g/mol. The highest BCUT2D eigenvalue weighted by Gasteiger charge is 2.13. The van der Waals surface area contributed by atoms with E-state index in [9.17, 15) is 14.0 Å². The number of halogens is 1. The Hall–Kier alpha value is -2.93. The summed E-state index contributed by atoms with van der Waals surface area (Å²) in [5.41, 5.74) is 2.54. The molecule has 156 valence electrons. The molecular weight excluding hydrogens is 373 g/mol. The number of benzene rings is 2. The van der Waals surface area contributed by atoms with Gasteiger partial charge in [-0.1, -0.05) is 38.1 Å². The fraction of sp³-hybridized carbons (Fsp3) is 0.364. The van der Waals surface area contributed by atoms with E-state index in [4.69, 9.17) is 4.74 Å². The van der Waals surface area contributed by atoms with Gasteiger partial charge in [0.1, 0.15) is 0 Å². The van der Waals surface area contributed by atoms with E-state index in [-0.39, 0.29) is 30.7 Å². The zero-order valence-corrected chi connectivity index (χ0v) is 17.1. The Morgan fingerprint density at radius 1 is 1.10 bits per heavy atom. The lowest BCUT2D eigenvalue weighted by atomic mass is 10.1. The van der Waals surface area contributed by atoms with Gasteiger partial charge >= 0.3 is 0 Å². The fourth-order valence-electron chi connectivity index (χ4n) is 2.93. The number of methoxy groups -OCH3 is 1. The van der Waals surface area contributed by atoms with Crippen LogP contribution < -0.4 is 15.4 Å². The van der Waals surface area contributed by atoms with E-state index in [1.165, 1.54) is 13.2 Å². The van der Waals surface area contributed by atoms with Gasteiger partial charge in [0.2, 0.25) is 11.8 Å². The lowest BCUT2D eigenvalue weighted by Crippen LogP contribution is -2.40. The summed E-state index contributed by atoms with van der Waals surface area (Å²) in [5, 5.41) is 5.45. The predicted octanol–water partition coefficient (Wildman–Crippen LogP) is 2.97. The number of para-hydroxylation sites is 1. The SMILES string of the molecule is CCc1ccccc1NC(=O)CNC(=O)CN(CC)Cc1ccc(OC)c(F)c1. The number of anilines is 1. The number of ether oxygens (including phenoxy) is 1. The van der Waals surface area contributed by atoms with Gasteiger partial charge in [-0.3, -0.25) is 14.5 Å². The summed E-state index contributed by atoms with van der Waals surface area (Å²) in [7, 11) is 1.41. The largest absolute Gasteiger partial charge is 0.494 e. The van der Waals surface area contributed by atoms with Crippen LogP contribution in [0.2, 0.25) is 0 Å². The van der Waals surface area contributed by atoms with Gasteiger partial charge in [-0.2, -0.15) is 0 Å². The van der Waals surface area contributed by atoms with E-state index in [1.54, 1.807) is 12.1 Å². The monoisotopic (exact) mass is 401 g/mol. The number of amides is 2. The summed E-state index contributed by atoms with van der Waals surface area (Å²) in [6.45, 7) is 4.97. The maximum absolute atomic E-state index is 13.8. The minimum atomic E-state index is -0.436. The topological polar surface area (TPSA) is 70.7 Å². The van der Waals surface area contributed by atoms with Crippen LogP contribution in [-0.4, -0.2) is 43.5 Å². The molecule has 0 heterocycles. The smallest absolute Gasteiger partial charge is 0.243 e. The quantitative estimate of drug-likeness (QED) is 0.642. The minimum Gasteiger partial charge on any atom is -0.494 e. The average Bonchev–Trinajstić information content (AvgIpc) is 2.72. The maximum Gasteiger partial charge on any atom is 0.243 e. The number of hydrogen-bond acceptors (Lipinski definition) is 4. The summed E-state index contributed by atoms with van der Waals surface area (Å²) >= 11 is 0. The molecule has 0 bridgehead atoms. The van der Waals surface area contributed by atoms with Crippen molar-refractivity contribution in [2.75, 3.05) is 32.1 Å². The normalized spacial score (nSPS) is 10.7. The van der Waals surface area contributed by atoms with Gasteiger partial charge in [0.15, 0.2) is 11.6 Å². The Labute approximate surface area is 171 Å². The number of nitrogens with one attached hydrogen (secondary N) is 2. The van der Waals surface area contributed by atoms with Crippen molar-refractivity contribution in [2.45, 2.75) is 26.8 Å². The van der Waals surface area contributed by atoms with Crippen molar-refractivity contribution in [1.82, 2.24) is 10.2 Å². The van der Waals surface area contributed by atoms with Gasteiger partial charge in [-0.15, -0.1) is 0 Å². The standard InChI is InChI=1S/C22H28FN3O3/c1-4-17-8-6-7-9-19(17)25-21(27)13-24-22(28)15-26(5-2)14-16-10-11-20(29-3)18(23)12-16/h6-12H,4-5,13-15H2,1-3H3,(H,24,28)(H,25,27). The van der Waals surface area contributed by atoms with Crippen molar-refractivity contribution in [3.05, 3.63) is 59.4 Å². The van der Waals surface area contributed by atoms with E-state index in [0.29, 0.717) is 13.1 Å². The second kappa shape index (κ2) is 11.2. The molecule has 7 heteroatoms. The molecule has 6 nitrogen and oxygen atoms in total. The van der Waals surface area contributed by atoms with Crippen molar-refractivity contribution in [2.24, 2.45) is 0 Å². The number of likely N-dealkylation sites (N-methyl/N-ethyl adjacent to an activating group) is 1. The maximum atomic E-state index is 13.8. The molecule has 2 amide bonds. The molecular formula is C22H28FN3O3. The van der Waals surface area contributed by atoms with Gasteiger partial charge in [-0.25, -0.2) is 4.39 Å². The first-order valence-corrected chi connectivity index (χ1v) is 9.66. The van der Waals surface area contributed by atoms with E-state index in [0.717, 1.165) is 23.2 Å². The highest BCUT2D eigenvalue weighted by molar-refractivity contribution is 5.95. The molecule has 29 heavy (non-hydrogen) atoms. The first kappa shape index (κ1) is 22.4. The van der Waals surface area contributed by atoms with Crippen LogP contribution in [0.5, 0.6) is 5.75 Å². The van der Waals surface area contributed by atoms with Gasteiger partial charge in [0, 0.05) is 12.2 Å². The fourth-order valence-corrected chi connectivity index (χ4v) is 2.93. The van der Waals surface area contributed by atoms with Crippen LogP contribution in [-0.2, 0) is 22.6 Å². The molecule has 0 atom stereocenters. The minimum absolute atomic E-state index is 0.106. The van der Waals surface area contributed by atoms with Crippen molar-refractivity contribution >= 4 is 17.5 Å². The Bertz CT molecular complexity index is 842. The summed E-state index contributed by atoms with van der Waals surface area (Å²) < 4.78 is 18.8. The molecule has 0 aliphatic heterocycles. The zero-order chi connectivity index (χ0) is 21.2. The summed E-state index contributed by atoms with van der Waals surface area (Å²) in [6, 6.07) is 12.3. The van der Waals surface area contributed by atoms with Crippen molar-refractivity contribution < 1.29 is 18.7 Å². The Kier molecular flexibility index (Phi) is 8.61. The van der Waals surface area contributed by atoms with E-state index >= 15 is 0 Å². The molecule has 2 aromatic rings. The number of carbonyl (C=O) groups is 2. The third-order valence-corrected chi connectivity index (χ3v) is 4.56. The highest BCUT2D eigenvalue weighted by Crippen LogP contribution is 2.18. The number of rotatable bonds is 10. The van der Waals surface area contributed by atoms with Crippen LogP contribution in [0.4, 0.5) is 10.1 Å². The van der Waals surface area contributed by atoms with Crippen LogP contribution in [0.1, 0.15) is 25.0 Å². The van der Waals surface area contributed by atoms with Crippen molar-refractivity contribution in [3.8, 4) is 5.75 Å². The predicted molar refractivity (Wildman–Crippen MR) is 111 cm³/mol. The number of carbonyl (C=O) groups excluding carboxylic acids is 2. The summed E-state index contributed by atoms with van der Waals surface area (Å²) in [4.78, 5) is 26.2. The van der Waals surface area contributed by atoms with E-state index in [2.05, 4.69) is 10.6 Å². The van der Waals surface area contributed by atoms with Crippen LogP contribution in [0.3, 0.4) is 0 Å². The molecule has 2 rings (SSSR count). The van der Waals surface area contributed by atoms with E-state index in [1.807, 2.05) is 43.0 Å². The Morgan fingerprint density at radius 2 is 1.86 bits per heavy atom. The molecule has 0 unspecified atom stereocenters. The van der Waals surface area contributed by atoms with E-state index < -0.39 is 5.82 Å². The molecule has 0 aliphatic carbocycles. The molecule has 0 aromatic heterocycles. The number of hydrogen-bond donors (Lipinski definition) is 2. The second-order valence-electron chi connectivity index (χ2n) is 6.61. The summed E-state index contributed by atoms with van der Waals surface area (Å²) in [6.07, 6.45) is 0.806. The molecule has 0 spiro atoms. The third-order valence-electron chi connectivity index (χ3n) is 4.56. The lowest BCUT2D eigenvalue weighted by molar-refractivity contribution is -0.125. The van der Waals surface area contributed by atoms with Crippen LogP contribution in [0.15, 0.2) is 42.5 Å². The summed E-state index contributed by atoms with van der Waals surface area (Å²) in [5.74, 6) is -0.793. The molecule has 2 aromatic carbocycles. The van der Waals surface area contributed by atoms with Crippen molar-refractivity contribution in [1.29, 1.82) is 0 Å². The first-order valence-electron chi connectivity index (χ1n) is 9.66. The lowest BCUT2D eigenvalue weighted by Gasteiger charge is -2.20. The number of aryl methyl sites for hydroxylation is 1. The van der Waals surface area contributed by atoms with Gasteiger partial charge in [0.05, 0.1) is 20.2 Å². The molecule has 2 N–H and O–H groups in total. The Balaban J connectivity index is 1.83. The second-order valence-corrected chi connectivity index (χ2v) is 6.61. The highest BCUT2D eigenvalue weighted by atomic mass is 19.1. The third kappa shape index (κ3) is 6.87.